The molecule has 0 aliphatic carbocycles. The summed E-state index contributed by atoms with van der Waals surface area (Å²) in [6.45, 7) is 7.62. The Hall–Kier alpha value is -3.68. The molecular formula is C24H27N5O3. The van der Waals surface area contributed by atoms with Gasteiger partial charge in [-0.2, -0.15) is 9.78 Å². The van der Waals surface area contributed by atoms with Gasteiger partial charge in [-0.15, -0.1) is 0 Å². The van der Waals surface area contributed by atoms with Gasteiger partial charge >= 0.3 is 5.69 Å². The Bertz CT molecular complexity index is 1280. The summed E-state index contributed by atoms with van der Waals surface area (Å²) in [7, 11) is 1.37. The van der Waals surface area contributed by atoms with Crippen LogP contribution in [0.4, 0.5) is 5.69 Å². The zero-order chi connectivity index (χ0) is 23.0. The topological polar surface area (TPSA) is 80.4 Å². The third kappa shape index (κ3) is 3.95. The first kappa shape index (κ1) is 21.5. The van der Waals surface area contributed by atoms with E-state index < -0.39 is 17.2 Å². The average molecular weight is 434 g/mol. The quantitative estimate of drug-likeness (QED) is 0.630. The van der Waals surface area contributed by atoms with Crippen LogP contribution in [-0.2, 0) is 7.05 Å². The van der Waals surface area contributed by atoms with Gasteiger partial charge in [-0.3, -0.25) is 14.2 Å². The summed E-state index contributed by atoms with van der Waals surface area (Å²) in [4.78, 5) is 42.6. The highest BCUT2D eigenvalue weighted by atomic mass is 16.2. The fraction of sp³-hybridized carbons (Fsp3) is 0.333. The van der Waals surface area contributed by atoms with Gasteiger partial charge in [0.1, 0.15) is 0 Å². The summed E-state index contributed by atoms with van der Waals surface area (Å²) in [5.41, 5.74) is 2.31. The first-order valence-electron chi connectivity index (χ1n) is 10.7. The van der Waals surface area contributed by atoms with Crippen LogP contribution in [0, 0.1) is 13.8 Å². The van der Waals surface area contributed by atoms with Crippen LogP contribution < -0.4 is 16.1 Å². The molecule has 1 saturated heterocycles. The fourth-order valence-corrected chi connectivity index (χ4v) is 4.04. The van der Waals surface area contributed by atoms with Crippen molar-refractivity contribution in [3.63, 3.8) is 0 Å². The number of hydrogen-bond acceptors (Lipinski definition) is 5. The van der Waals surface area contributed by atoms with E-state index in [4.69, 9.17) is 0 Å². The van der Waals surface area contributed by atoms with Crippen molar-refractivity contribution in [3.05, 3.63) is 86.2 Å². The Kier molecular flexibility index (Phi) is 5.69. The standard InChI is InChI=1S/C24H27N5O3/c1-16-8-10-19(11-9-16)29-24(32)26(4)22(30)21(25-29)23(31)27-12-13-28(18(3)15-27)20-7-5-6-17(2)14-20/h5-11,14,18H,12-13,15H2,1-4H3. The van der Waals surface area contributed by atoms with Gasteiger partial charge in [-0.1, -0.05) is 29.8 Å². The number of nitrogens with zero attached hydrogens (tertiary/aromatic N) is 5. The van der Waals surface area contributed by atoms with E-state index in [2.05, 4.69) is 42.0 Å². The van der Waals surface area contributed by atoms with Crippen molar-refractivity contribution in [1.29, 1.82) is 0 Å². The van der Waals surface area contributed by atoms with Gasteiger partial charge in [0, 0.05) is 38.4 Å². The molecule has 2 aromatic carbocycles. The summed E-state index contributed by atoms with van der Waals surface area (Å²) in [6.07, 6.45) is 0. The lowest BCUT2D eigenvalue weighted by atomic mass is 10.1. The van der Waals surface area contributed by atoms with Crippen LogP contribution in [0.1, 0.15) is 28.5 Å². The van der Waals surface area contributed by atoms with Crippen molar-refractivity contribution >= 4 is 11.6 Å². The Balaban J connectivity index is 1.63. The predicted octanol–water partition coefficient (Wildman–Crippen LogP) is 1.90. The highest BCUT2D eigenvalue weighted by Crippen LogP contribution is 2.22. The third-order valence-corrected chi connectivity index (χ3v) is 5.90. The lowest BCUT2D eigenvalue weighted by Gasteiger charge is -2.41. The molecule has 0 bridgehead atoms. The summed E-state index contributed by atoms with van der Waals surface area (Å²) < 4.78 is 2.05. The second-order valence-corrected chi connectivity index (χ2v) is 8.38. The number of carbonyl (C=O) groups excluding carboxylic acids is 1. The first-order valence-corrected chi connectivity index (χ1v) is 10.7. The smallest absolute Gasteiger partial charge is 0.351 e. The molecule has 0 spiro atoms. The Morgan fingerprint density at radius 2 is 1.69 bits per heavy atom. The first-order chi connectivity index (χ1) is 15.3. The van der Waals surface area contributed by atoms with Gasteiger partial charge in [0.2, 0.25) is 5.69 Å². The lowest BCUT2D eigenvalue weighted by Crippen LogP contribution is -2.55. The molecule has 3 aromatic rings. The summed E-state index contributed by atoms with van der Waals surface area (Å²) in [6, 6.07) is 15.5. The monoisotopic (exact) mass is 433 g/mol. The third-order valence-electron chi connectivity index (χ3n) is 5.90. The van der Waals surface area contributed by atoms with E-state index in [1.54, 1.807) is 17.0 Å². The maximum atomic E-state index is 13.3. The predicted molar refractivity (Wildman–Crippen MR) is 124 cm³/mol. The fourth-order valence-electron chi connectivity index (χ4n) is 4.04. The molecule has 32 heavy (non-hydrogen) atoms. The molecule has 0 radical (unpaired) electrons. The number of aromatic nitrogens is 3. The number of hydrogen-bond donors (Lipinski definition) is 0. The molecule has 2 heterocycles. The van der Waals surface area contributed by atoms with Crippen molar-refractivity contribution in [2.24, 2.45) is 7.05 Å². The normalized spacial score (nSPS) is 16.3. The molecule has 1 fully saturated rings. The molecule has 1 amide bonds. The molecule has 1 aliphatic rings. The van der Waals surface area contributed by atoms with Crippen LogP contribution >= 0.6 is 0 Å². The SMILES string of the molecule is Cc1ccc(-n2nc(C(=O)N3CCN(c4cccc(C)c4)C(C)C3)c(=O)n(C)c2=O)cc1. The van der Waals surface area contributed by atoms with Crippen molar-refractivity contribution in [2.75, 3.05) is 24.5 Å². The van der Waals surface area contributed by atoms with Crippen molar-refractivity contribution < 1.29 is 4.79 Å². The van der Waals surface area contributed by atoms with E-state index in [0.717, 1.165) is 20.5 Å². The maximum absolute atomic E-state index is 13.3. The minimum atomic E-state index is -0.683. The van der Waals surface area contributed by atoms with E-state index in [0.29, 0.717) is 25.3 Å². The highest BCUT2D eigenvalue weighted by Gasteiger charge is 2.30. The largest absolute Gasteiger partial charge is 0.365 e. The van der Waals surface area contributed by atoms with Crippen LogP contribution in [0.2, 0.25) is 0 Å². The second-order valence-electron chi connectivity index (χ2n) is 8.38. The van der Waals surface area contributed by atoms with E-state index in [1.165, 1.54) is 12.6 Å². The number of carbonyl (C=O) groups is 1. The van der Waals surface area contributed by atoms with Gasteiger partial charge < -0.3 is 9.80 Å². The Labute approximate surface area is 186 Å². The Morgan fingerprint density at radius 3 is 2.34 bits per heavy atom. The molecule has 0 N–H and O–H groups in total. The van der Waals surface area contributed by atoms with Crippen LogP contribution in [0.15, 0.2) is 58.1 Å². The molecule has 4 rings (SSSR count). The Morgan fingerprint density at radius 1 is 0.969 bits per heavy atom. The van der Waals surface area contributed by atoms with Crippen LogP contribution in [0.25, 0.3) is 5.69 Å². The zero-order valence-electron chi connectivity index (χ0n) is 18.8. The van der Waals surface area contributed by atoms with Gasteiger partial charge in [-0.05, 0) is 50.6 Å². The van der Waals surface area contributed by atoms with E-state index in [1.807, 2.05) is 25.1 Å². The second kappa shape index (κ2) is 8.45. The maximum Gasteiger partial charge on any atom is 0.351 e. The highest BCUT2D eigenvalue weighted by molar-refractivity contribution is 5.92. The number of benzene rings is 2. The lowest BCUT2D eigenvalue weighted by molar-refractivity contribution is 0.0715. The molecule has 8 heteroatoms. The zero-order valence-corrected chi connectivity index (χ0v) is 18.8. The molecular weight excluding hydrogens is 406 g/mol. The van der Waals surface area contributed by atoms with Crippen LogP contribution in [0.3, 0.4) is 0 Å². The van der Waals surface area contributed by atoms with Crippen LogP contribution in [-0.4, -0.2) is 50.8 Å². The van der Waals surface area contributed by atoms with Crippen molar-refractivity contribution in [2.45, 2.75) is 26.8 Å². The molecule has 1 aliphatic heterocycles. The number of aryl methyl sites for hydroxylation is 2. The molecule has 0 saturated carbocycles. The summed E-state index contributed by atoms with van der Waals surface area (Å²) in [5, 5.41) is 4.19. The van der Waals surface area contributed by atoms with E-state index in [-0.39, 0.29) is 11.7 Å². The molecule has 1 atom stereocenters. The molecule has 8 nitrogen and oxygen atoms in total. The number of rotatable bonds is 3. The number of amides is 1. The van der Waals surface area contributed by atoms with Crippen molar-refractivity contribution in [1.82, 2.24) is 19.2 Å². The summed E-state index contributed by atoms with van der Waals surface area (Å²) in [5.74, 6) is -0.456. The molecule has 1 aromatic heterocycles. The molecule has 166 valence electrons. The van der Waals surface area contributed by atoms with Crippen LogP contribution in [0.5, 0.6) is 0 Å². The van der Waals surface area contributed by atoms with Crippen molar-refractivity contribution in [3.8, 4) is 5.69 Å². The summed E-state index contributed by atoms with van der Waals surface area (Å²) >= 11 is 0. The van der Waals surface area contributed by atoms with Gasteiger partial charge in [-0.25, -0.2) is 4.79 Å². The number of anilines is 1. The van der Waals surface area contributed by atoms with E-state index >= 15 is 0 Å². The minimum Gasteiger partial charge on any atom is -0.365 e. The van der Waals surface area contributed by atoms with Gasteiger partial charge in [0.25, 0.3) is 11.5 Å². The van der Waals surface area contributed by atoms with Gasteiger partial charge in [0.15, 0.2) is 0 Å². The minimum absolute atomic E-state index is 0.0707. The average Bonchev–Trinajstić information content (AvgIpc) is 2.78. The van der Waals surface area contributed by atoms with E-state index in [9.17, 15) is 14.4 Å². The molecule has 1 unspecified atom stereocenters. The van der Waals surface area contributed by atoms with Gasteiger partial charge in [0.05, 0.1) is 5.69 Å². The number of piperazine rings is 1.